The number of aromatic nitrogens is 1. The van der Waals surface area contributed by atoms with Crippen molar-refractivity contribution in [3.05, 3.63) is 76.3 Å². The molecule has 2 aromatic carbocycles. The number of hydrogen-bond donors (Lipinski definition) is 1. The van der Waals surface area contributed by atoms with Crippen LogP contribution >= 0.6 is 11.3 Å². The second-order valence-corrected chi connectivity index (χ2v) is 8.57. The second-order valence-electron chi connectivity index (χ2n) is 7.45. The number of nitrogens with one attached hydrogen (secondary N) is 1. The van der Waals surface area contributed by atoms with Gasteiger partial charge in [-0.15, -0.1) is 11.3 Å². The van der Waals surface area contributed by atoms with Gasteiger partial charge < -0.3 is 14.8 Å². The Balaban J connectivity index is 1.53. The van der Waals surface area contributed by atoms with Gasteiger partial charge in [0.25, 0.3) is 0 Å². The smallest absolute Gasteiger partial charge is 0.236 e. The lowest BCUT2D eigenvalue weighted by molar-refractivity contribution is -0.125. The normalized spacial score (nSPS) is 15.1. The summed E-state index contributed by atoms with van der Waals surface area (Å²) in [4.78, 5) is 18.8. The average molecular weight is 434 g/mol. The number of thiazole rings is 1. The Morgan fingerprint density at radius 2 is 1.97 bits per heavy atom. The van der Waals surface area contributed by atoms with Crippen molar-refractivity contribution in [1.82, 2.24) is 4.98 Å². The molecule has 158 valence electrons. The molecule has 2 heterocycles. The fourth-order valence-corrected chi connectivity index (χ4v) is 4.74. The predicted molar refractivity (Wildman–Crippen MR) is 119 cm³/mol. The summed E-state index contributed by atoms with van der Waals surface area (Å²) < 4.78 is 10.8. The summed E-state index contributed by atoms with van der Waals surface area (Å²) in [7, 11) is 1.63. The van der Waals surface area contributed by atoms with Gasteiger partial charge in [-0.25, -0.2) is 4.98 Å². The summed E-state index contributed by atoms with van der Waals surface area (Å²) in [5.74, 6) is 0.688. The third-order valence-corrected chi connectivity index (χ3v) is 6.61. The molecule has 1 aromatic heterocycles. The molecule has 1 N–H and O–H groups in total. The van der Waals surface area contributed by atoms with Gasteiger partial charge >= 0.3 is 0 Å². The molecule has 0 bridgehead atoms. The van der Waals surface area contributed by atoms with Crippen LogP contribution in [0, 0.1) is 11.3 Å². The van der Waals surface area contributed by atoms with Crippen molar-refractivity contribution in [2.75, 3.05) is 25.6 Å². The summed E-state index contributed by atoms with van der Waals surface area (Å²) in [6.45, 7) is 1.07. The molecule has 1 aliphatic heterocycles. The Morgan fingerprint density at radius 3 is 2.68 bits per heavy atom. The first-order valence-corrected chi connectivity index (χ1v) is 10.9. The Kier molecular flexibility index (Phi) is 6.31. The van der Waals surface area contributed by atoms with Gasteiger partial charge in [-0.05, 0) is 42.2 Å². The Hall–Kier alpha value is -3.21. The molecule has 4 rings (SSSR count). The first-order valence-electron chi connectivity index (χ1n) is 10.1. The molecule has 6 nitrogen and oxygen atoms in total. The Morgan fingerprint density at radius 1 is 1.23 bits per heavy atom. The van der Waals surface area contributed by atoms with E-state index in [1.54, 1.807) is 13.3 Å². The van der Waals surface area contributed by atoms with Gasteiger partial charge in [0, 0.05) is 30.7 Å². The minimum Gasteiger partial charge on any atom is -0.497 e. The molecule has 0 aliphatic carbocycles. The third kappa shape index (κ3) is 4.46. The van der Waals surface area contributed by atoms with E-state index in [4.69, 9.17) is 9.47 Å². The molecule has 1 saturated heterocycles. The largest absolute Gasteiger partial charge is 0.497 e. The number of hydrogen-bond acceptors (Lipinski definition) is 6. The van der Waals surface area contributed by atoms with Crippen LogP contribution in [0.2, 0.25) is 0 Å². The quantitative estimate of drug-likeness (QED) is 0.627. The highest BCUT2D eigenvalue weighted by molar-refractivity contribution is 7.15. The molecular formula is C24H23N3O3S. The van der Waals surface area contributed by atoms with Crippen LogP contribution < -0.4 is 10.1 Å². The molecular weight excluding hydrogens is 410 g/mol. The van der Waals surface area contributed by atoms with E-state index in [0.717, 1.165) is 21.8 Å². The molecule has 0 atom stereocenters. The first kappa shape index (κ1) is 21.0. The first-order chi connectivity index (χ1) is 15.1. The number of benzene rings is 2. The molecule has 1 amide bonds. The Labute approximate surface area is 185 Å². The van der Waals surface area contributed by atoms with Crippen molar-refractivity contribution in [2.24, 2.45) is 0 Å². The lowest BCUT2D eigenvalue weighted by Gasteiger charge is -2.36. The lowest BCUT2D eigenvalue weighted by atomic mass is 9.73. The lowest BCUT2D eigenvalue weighted by Crippen LogP contribution is -2.44. The summed E-state index contributed by atoms with van der Waals surface area (Å²) in [6.07, 6.45) is 3.59. The van der Waals surface area contributed by atoms with Crippen LogP contribution in [0.5, 0.6) is 5.75 Å². The molecule has 0 spiro atoms. The van der Waals surface area contributed by atoms with Gasteiger partial charge in [0.15, 0.2) is 5.13 Å². The van der Waals surface area contributed by atoms with Gasteiger partial charge in [-0.3, -0.25) is 4.79 Å². The van der Waals surface area contributed by atoms with Gasteiger partial charge in [0.05, 0.1) is 24.2 Å². The van der Waals surface area contributed by atoms with E-state index in [1.807, 2.05) is 48.5 Å². The number of carbonyl (C=O) groups is 1. The van der Waals surface area contributed by atoms with E-state index < -0.39 is 5.41 Å². The number of nitrogens with zero attached hydrogens (tertiary/aromatic N) is 2. The average Bonchev–Trinajstić information content (AvgIpc) is 3.26. The molecule has 31 heavy (non-hydrogen) atoms. The SMILES string of the molecule is COc1ccc(C2(C(=O)Nc3ncc(Cc4ccccc4C#N)s3)CCOCC2)cc1. The highest BCUT2D eigenvalue weighted by Crippen LogP contribution is 2.37. The molecule has 7 heteroatoms. The van der Waals surface area contributed by atoms with E-state index >= 15 is 0 Å². The number of anilines is 1. The number of rotatable bonds is 6. The monoisotopic (exact) mass is 433 g/mol. The van der Waals surface area contributed by atoms with Crippen LogP contribution in [0.4, 0.5) is 5.13 Å². The zero-order chi connectivity index (χ0) is 21.7. The van der Waals surface area contributed by atoms with Crippen molar-refractivity contribution in [3.63, 3.8) is 0 Å². The Bertz CT molecular complexity index is 1100. The number of methoxy groups -OCH3 is 1. The maximum atomic E-state index is 13.4. The zero-order valence-electron chi connectivity index (χ0n) is 17.3. The van der Waals surface area contributed by atoms with Crippen LogP contribution in [-0.4, -0.2) is 31.2 Å². The molecule has 1 aliphatic rings. The minimum absolute atomic E-state index is 0.0701. The van der Waals surface area contributed by atoms with E-state index in [-0.39, 0.29) is 5.91 Å². The molecule has 1 fully saturated rings. The fraction of sp³-hybridized carbons (Fsp3) is 0.292. The van der Waals surface area contributed by atoms with Crippen LogP contribution in [0.1, 0.15) is 34.4 Å². The van der Waals surface area contributed by atoms with Crippen LogP contribution in [0.25, 0.3) is 0 Å². The van der Waals surface area contributed by atoms with Crippen molar-refractivity contribution < 1.29 is 14.3 Å². The van der Waals surface area contributed by atoms with Crippen molar-refractivity contribution >= 4 is 22.4 Å². The summed E-state index contributed by atoms with van der Waals surface area (Å²) in [6, 6.07) is 17.4. The third-order valence-electron chi connectivity index (χ3n) is 5.70. The van der Waals surface area contributed by atoms with E-state index in [9.17, 15) is 10.1 Å². The summed E-state index contributed by atoms with van der Waals surface area (Å²) >= 11 is 1.44. The summed E-state index contributed by atoms with van der Waals surface area (Å²) in [5, 5.41) is 12.9. The van der Waals surface area contributed by atoms with E-state index in [0.29, 0.717) is 43.2 Å². The molecule has 0 unspecified atom stereocenters. The molecule has 0 radical (unpaired) electrons. The number of nitriles is 1. The highest BCUT2D eigenvalue weighted by atomic mass is 32.1. The van der Waals surface area contributed by atoms with Crippen molar-refractivity contribution in [2.45, 2.75) is 24.7 Å². The fourth-order valence-electron chi connectivity index (χ4n) is 3.91. The molecule has 0 saturated carbocycles. The number of carbonyl (C=O) groups excluding carboxylic acids is 1. The van der Waals surface area contributed by atoms with Crippen molar-refractivity contribution in [3.8, 4) is 11.8 Å². The number of amides is 1. The number of ether oxygens (including phenoxy) is 2. The standard InChI is InChI=1S/C24H23N3O3S/c1-29-20-8-6-19(7-9-20)24(10-12-30-13-11-24)22(28)27-23-26-16-21(31-23)14-17-4-2-3-5-18(17)15-25/h2-9,16H,10-14H2,1H3,(H,26,27,28). The van der Waals surface area contributed by atoms with Gasteiger partial charge in [-0.2, -0.15) is 5.26 Å². The topological polar surface area (TPSA) is 84.2 Å². The van der Waals surface area contributed by atoms with Crippen LogP contribution in [0.3, 0.4) is 0 Å². The zero-order valence-corrected chi connectivity index (χ0v) is 18.1. The van der Waals surface area contributed by atoms with Crippen LogP contribution in [-0.2, 0) is 21.4 Å². The van der Waals surface area contributed by atoms with E-state index in [1.165, 1.54) is 11.3 Å². The maximum absolute atomic E-state index is 13.4. The van der Waals surface area contributed by atoms with Crippen LogP contribution in [0.15, 0.2) is 54.7 Å². The second kappa shape index (κ2) is 9.29. The van der Waals surface area contributed by atoms with Crippen molar-refractivity contribution in [1.29, 1.82) is 5.26 Å². The highest BCUT2D eigenvalue weighted by Gasteiger charge is 2.42. The van der Waals surface area contributed by atoms with Gasteiger partial charge in [0.2, 0.25) is 5.91 Å². The maximum Gasteiger partial charge on any atom is 0.236 e. The predicted octanol–water partition coefficient (Wildman–Crippen LogP) is 4.30. The molecule has 3 aromatic rings. The van der Waals surface area contributed by atoms with Gasteiger partial charge in [0.1, 0.15) is 5.75 Å². The van der Waals surface area contributed by atoms with Gasteiger partial charge in [-0.1, -0.05) is 30.3 Å². The summed E-state index contributed by atoms with van der Waals surface area (Å²) in [5.41, 5.74) is 1.89. The van der Waals surface area contributed by atoms with E-state index in [2.05, 4.69) is 16.4 Å². The minimum atomic E-state index is -0.663.